The van der Waals surface area contributed by atoms with Gasteiger partial charge in [-0.25, -0.2) is 4.79 Å². The Kier molecular flexibility index (Phi) is 2.07. The minimum Gasteiger partial charge on any atom is -0.507 e. The topological polar surface area (TPSA) is 72.8 Å². The number of esters is 1. The van der Waals surface area contributed by atoms with Crippen molar-refractivity contribution in [3.8, 4) is 11.5 Å². The first-order valence-electron chi connectivity index (χ1n) is 4.25. The van der Waals surface area contributed by atoms with Crippen LogP contribution in [-0.2, 0) is 4.74 Å². The molecule has 1 heterocycles. The summed E-state index contributed by atoms with van der Waals surface area (Å²) < 4.78 is 9.46. The van der Waals surface area contributed by atoms with Gasteiger partial charge in [-0.1, -0.05) is 0 Å². The molecular weight excluding hydrogens is 200 g/mol. The number of hydrogen-bond donors (Lipinski definition) is 1. The molecular formula is C10H8O5. The van der Waals surface area contributed by atoms with E-state index >= 15 is 0 Å². The lowest BCUT2D eigenvalue weighted by molar-refractivity contribution is 0.0597. The summed E-state index contributed by atoms with van der Waals surface area (Å²) in [6.07, 6.45) is 0. The average molecular weight is 208 g/mol. The van der Waals surface area contributed by atoms with Crippen LogP contribution in [0.2, 0.25) is 0 Å². The molecule has 1 aliphatic rings. The smallest absolute Gasteiger partial charge is 0.341 e. The summed E-state index contributed by atoms with van der Waals surface area (Å²) in [7, 11) is 1.20. The van der Waals surface area contributed by atoms with E-state index in [-0.39, 0.29) is 23.7 Å². The summed E-state index contributed by atoms with van der Waals surface area (Å²) in [6, 6.07) is 2.53. The summed E-state index contributed by atoms with van der Waals surface area (Å²) in [5, 5.41) is 9.47. The first-order valence-corrected chi connectivity index (χ1v) is 4.25. The molecule has 0 radical (unpaired) electrons. The van der Waals surface area contributed by atoms with Gasteiger partial charge in [-0.15, -0.1) is 0 Å². The van der Waals surface area contributed by atoms with Gasteiger partial charge in [-0.2, -0.15) is 0 Å². The number of ketones is 1. The summed E-state index contributed by atoms with van der Waals surface area (Å²) >= 11 is 0. The van der Waals surface area contributed by atoms with E-state index in [1.54, 1.807) is 0 Å². The highest BCUT2D eigenvalue weighted by molar-refractivity contribution is 6.05. The second kappa shape index (κ2) is 3.27. The van der Waals surface area contributed by atoms with Gasteiger partial charge in [0.25, 0.3) is 0 Å². The maximum atomic E-state index is 11.3. The van der Waals surface area contributed by atoms with Crippen molar-refractivity contribution >= 4 is 11.8 Å². The van der Waals surface area contributed by atoms with Gasteiger partial charge in [0.1, 0.15) is 17.1 Å². The number of benzene rings is 1. The number of phenols is 1. The standard InChI is InChI=1S/C10H8O5/c1-14-10(13)6-2-5-8(12)4-15-9(5)3-7(6)11/h2-3,11H,4H2,1H3. The van der Waals surface area contributed by atoms with E-state index < -0.39 is 5.97 Å². The Hall–Kier alpha value is -2.04. The average Bonchev–Trinajstić information content (AvgIpc) is 2.58. The third-order valence-corrected chi connectivity index (χ3v) is 2.16. The zero-order valence-corrected chi connectivity index (χ0v) is 7.94. The number of phenolic OH excluding ortho intramolecular Hbond substituents is 1. The summed E-state index contributed by atoms with van der Waals surface area (Å²) in [5.41, 5.74) is 0.267. The maximum absolute atomic E-state index is 11.3. The largest absolute Gasteiger partial charge is 0.507 e. The second-order valence-electron chi connectivity index (χ2n) is 3.07. The van der Waals surface area contributed by atoms with Crippen molar-refractivity contribution in [1.29, 1.82) is 0 Å². The fourth-order valence-electron chi connectivity index (χ4n) is 1.40. The van der Waals surface area contributed by atoms with E-state index in [2.05, 4.69) is 4.74 Å². The van der Waals surface area contributed by atoms with E-state index in [4.69, 9.17) is 4.74 Å². The fourth-order valence-corrected chi connectivity index (χ4v) is 1.40. The number of carbonyl (C=O) groups excluding carboxylic acids is 2. The van der Waals surface area contributed by atoms with Gasteiger partial charge >= 0.3 is 5.97 Å². The molecule has 5 nitrogen and oxygen atoms in total. The molecule has 1 aromatic rings. The van der Waals surface area contributed by atoms with Crippen LogP contribution in [0.5, 0.6) is 11.5 Å². The number of hydrogen-bond acceptors (Lipinski definition) is 5. The van der Waals surface area contributed by atoms with Crippen LogP contribution < -0.4 is 4.74 Å². The molecule has 0 fully saturated rings. The van der Waals surface area contributed by atoms with Crippen molar-refractivity contribution in [2.45, 2.75) is 0 Å². The molecule has 2 rings (SSSR count). The Morgan fingerprint density at radius 3 is 2.93 bits per heavy atom. The molecule has 0 aliphatic carbocycles. The Bertz CT molecular complexity index is 449. The predicted octanol–water partition coefficient (Wildman–Crippen LogP) is 0.754. The molecule has 5 heteroatoms. The number of aromatic hydroxyl groups is 1. The van der Waals surface area contributed by atoms with E-state index in [9.17, 15) is 14.7 Å². The van der Waals surface area contributed by atoms with Gasteiger partial charge in [-0.05, 0) is 6.07 Å². The quantitative estimate of drug-likeness (QED) is 0.689. The van der Waals surface area contributed by atoms with Gasteiger partial charge < -0.3 is 14.6 Å². The van der Waals surface area contributed by atoms with Crippen molar-refractivity contribution in [3.05, 3.63) is 23.3 Å². The van der Waals surface area contributed by atoms with Crippen LogP contribution in [0.25, 0.3) is 0 Å². The van der Waals surface area contributed by atoms with Gasteiger partial charge in [0.2, 0.25) is 5.78 Å². The van der Waals surface area contributed by atoms with Crippen LogP contribution in [-0.4, -0.2) is 30.6 Å². The van der Waals surface area contributed by atoms with Gasteiger partial charge in [0, 0.05) is 6.07 Å². The van der Waals surface area contributed by atoms with Crippen LogP contribution in [0.1, 0.15) is 20.7 Å². The molecule has 0 amide bonds. The van der Waals surface area contributed by atoms with E-state index in [1.807, 2.05) is 0 Å². The summed E-state index contributed by atoms with van der Waals surface area (Å²) in [4.78, 5) is 22.5. The lowest BCUT2D eigenvalue weighted by Crippen LogP contribution is -2.03. The van der Waals surface area contributed by atoms with Crippen molar-refractivity contribution in [2.24, 2.45) is 0 Å². The molecule has 0 saturated carbocycles. The number of carbonyl (C=O) groups is 2. The van der Waals surface area contributed by atoms with Crippen molar-refractivity contribution in [1.82, 2.24) is 0 Å². The highest BCUT2D eigenvalue weighted by atomic mass is 16.5. The van der Waals surface area contributed by atoms with Crippen molar-refractivity contribution in [3.63, 3.8) is 0 Å². The molecule has 1 aromatic carbocycles. The number of Topliss-reactive ketones (excluding diaryl/α,β-unsaturated/α-hetero) is 1. The minimum absolute atomic E-state index is 0.0323. The molecule has 78 valence electrons. The van der Waals surface area contributed by atoms with Crippen LogP contribution in [0.3, 0.4) is 0 Å². The lowest BCUT2D eigenvalue weighted by Gasteiger charge is -2.04. The molecule has 0 spiro atoms. The Balaban J connectivity index is 2.55. The molecule has 1 N–H and O–H groups in total. The van der Waals surface area contributed by atoms with E-state index in [0.717, 1.165) is 0 Å². The predicted molar refractivity (Wildman–Crippen MR) is 49.3 cm³/mol. The molecule has 1 aliphatic heterocycles. The zero-order valence-electron chi connectivity index (χ0n) is 7.94. The van der Waals surface area contributed by atoms with Crippen LogP contribution >= 0.6 is 0 Å². The Morgan fingerprint density at radius 1 is 1.53 bits per heavy atom. The fraction of sp³-hybridized carbons (Fsp3) is 0.200. The maximum Gasteiger partial charge on any atom is 0.341 e. The van der Waals surface area contributed by atoms with Crippen LogP contribution in [0, 0.1) is 0 Å². The monoisotopic (exact) mass is 208 g/mol. The van der Waals surface area contributed by atoms with Crippen molar-refractivity contribution in [2.75, 3.05) is 13.7 Å². The third kappa shape index (κ3) is 1.41. The first kappa shape index (κ1) is 9.51. The number of methoxy groups -OCH3 is 1. The van der Waals surface area contributed by atoms with Gasteiger partial charge in [-0.3, -0.25) is 4.79 Å². The second-order valence-corrected chi connectivity index (χ2v) is 3.07. The number of rotatable bonds is 1. The Morgan fingerprint density at radius 2 is 2.27 bits per heavy atom. The number of fused-ring (bicyclic) bond motifs is 1. The SMILES string of the molecule is COC(=O)c1cc2c(cc1O)OCC2=O. The van der Waals surface area contributed by atoms with Gasteiger partial charge in [0.15, 0.2) is 6.61 Å². The van der Waals surface area contributed by atoms with Crippen LogP contribution in [0.15, 0.2) is 12.1 Å². The molecule has 0 saturated heterocycles. The van der Waals surface area contributed by atoms with E-state index in [0.29, 0.717) is 11.3 Å². The highest BCUT2D eigenvalue weighted by Crippen LogP contribution is 2.32. The zero-order chi connectivity index (χ0) is 11.0. The lowest BCUT2D eigenvalue weighted by atomic mass is 10.1. The first-order chi connectivity index (χ1) is 7.13. The molecule has 15 heavy (non-hydrogen) atoms. The molecule has 0 atom stereocenters. The normalized spacial score (nSPS) is 13.3. The molecule has 0 aromatic heterocycles. The van der Waals surface area contributed by atoms with Gasteiger partial charge in [0.05, 0.1) is 12.7 Å². The number of ether oxygens (including phenoxy) is 2. The molecule has 0 unspecified atom stereocenters. The Labute approximate surface area is 85.2 Å². The van der Waals surface area contributed by atoms with Crippen LogP contribution in [0.4, 0.5) is 0 Å². The van der Waals surface area contributed by atoms with E-state index in [1.165, 1.54) is 19.2 Å². The highest BCUT2D eigenvalue weighted by Gasteiger charge is 2.25. The summed E-state index contributed by atoms with van der Waals surface area (Å²) in [5.74, 6) is -0.856. The summed E-state index contributed by atoms with van der Waals surface area (Å²) in [6.45, 7) is -0.0562. The minimum atomic E-state index is -0.685. The molecule has 0 bridgehead atoms. The van der Waals surface area contributed by atoms with Crippen molar-refractivity contribution < 1.29 is 24.2 Å². The third-order valence-electron chi connectivity index (χ3n) is 2.16.